The van der Waals surface area contributed by atoms with Gasteiger partial charge in [0.1, 0.15) is 18.1 Å². The van der Waals surface area contributed by atoms with Gasteiger partial charge in [-0.05, 0) is 37.5 Å². The zero-order chi connectivity index (χ0) is 30.8. The van der Waals surface area contributed by atoms with E-state index in [0.717, 1.165) is 0 Å². The summed E-state index contributed by atoms with van der Waals surface area (Å²) in [5.41, 5.74) is 10.5. The van der Waals surface area contributed by atoms with Crippen LogP contribution in [0, 0.1) is 17.2 Å². The molecule has 5 amide bonds. The first-order valence-corrected chi connectivity index (χ1v) is 13.1. The van der Waals surface area contributed by atoms with E-state index >= 15 is 0 Å². The van der Waals surface area contributed by atoms with Crippen LogP contribution in [0.4, 0.5) is 0 Å². The van der Waals surface area contributed by atoms with Gasteiger partial charge >= 0.3 is 5.97 Å². The topological polar surface area (TPSA) is 271 Å². The van der Waals surface area contributed by atoms with Gasteiger partial charge in [-0.25, -0.2) is 4.79 Å². The van der Waals surface area contributed by atoms with Gasteiger partial charge in [-0.3, -0.25) is 29.4 Å². The summed E-state index contributed by atoms with van der Waals surface area (Å²) < 4.78 is 0. The number of amides is 5. The van der Waals surface area contributed by atoms with Crippen molar-refractivity contribution in [2.24, 2.45) is 23.3 Å². The summed E-state index contributed by atoms with van der Waals surface area (Å²) in [6.45, 7) is 6.27. The SMILES string of the molecule is CC(C)CC(NC(=O)CNC(=O)C(CC(C)C)NC(=O)CNC(=O)C(CCCNC(=N)N)NC(=O)CN)C(=O)O. The van der Waals surface area contributed by atoms with E-state index in [4.69, 9.17) is 16.9 Å². The lowest BCUT2D eigenvalue weighted by atomic mass is 10.0. The Morgan fingerprint density at radius 3 is 1.62 bits per heavy atom. The number of nitrogens with one attached hydrogen (secondary N) is 7. The van der Waals surface area contributed by atoms with Gasteiger partial charge in [-0.1, -0.05) is 27.7 Å². The molecule has 0 aliphatic rings. The van der Waals surface area contributed by atoms with Gasteiger partial charge in [-0.15, -0.1) is 0 Å². The molecule has 0 heterocycles. The van der Waals surface area contributed by atoms with Crippen molar-refractivity contribution in [3.63, 3.8) is 0 Å². The van der Waals surface area contributed by atoms with Crippen molar-refractivity contribution < 1.29 is 33.9 Å². The monoisotopic (exact) mass is 571 g/mol. The number of nitrogens with two attached hydrogens (primary N) is 2. The zero-order valence-electron chi connectivity index (χ0n) is 23.6. The predicted molar refractivity (Wildman–Crippen MR) is 147 cm³/mol. The van der Waals surface area contributed by atoms with E-state index < -0.39 is 66.7 Å². The summed E-state index contributed by atoms with van der Waals surface area (Å²) in [5, 5.41) is 31.2. The second-order valence-corrected chi connectivity index (χ2v) is 10.1. The molecule has 0 saturated carbocycles. The smallest absolute Gasteiger partial charge is 0.326 e. The number of aliphatic carboxylic acids is 1. The highest BCUT2D eigenvalue weighted by atomic mass is 16.4. The van der Waals surface area contributed by atoms with E-state index in [1.807, 2.05) is 27.7 Å². The van der Waals surface area contributed by atoms with E-state index in [1.54, 1.807) is 0 Å². The maximum absolute atomic E-state index is 12.7. The first-order chi connectivity index (χ1) is 18.7. The highest BCUT2D eigenvalue weighted by Crippen LogP contribution is 2.06. The number of carboxylic acid groups (broad SMARTS) is 1. The first-order valence-electron chi connectivity index (χ1n) is 13.1. The normalized spacial score (nSPS) is 13.0. The largest absolute Gasteiger partial charge is 0.480 e. The molecule has 0 spiro atoms. The number of carboxylic acids is 1. The van der Waals surface area contributed by atoms with Gasteiger partial charge < -0.3 is 48.5 Å². The molecule has 0 aliphatic carbocycles. The minimum absolute atomic E-state index is 0.0126. The van der Waals surface area contributed by atoms with Gasteiger partial charge in [-0.2, -0.15) is 0 Å². The van der Waals surface area contributed by atoms with Gasteiger partial charge in [0.05, 0.1) is 19.6 Å². The van der Waals surface area contributed by atoms with E-state index in [9.17, 15) is 33.9 Å². The summed E-state index contributed by atoms with van der Waals surface area (Å²) in [5.74, 6) is -4.63. The molecule has 0 fully saturated rings. The average Bonchev–Trinajstić information content (AvgIpc) is 2.85. The fraction of sp³-hybridized carbons (Fsp3) is 0.708. The van der Waals surface area contributed by atoms with Crippen LogP contribution in [0.1, 0.15) is 53.4 Å². The van der Waals surface area contributed by atoms with E-state index in [-0.39, 0.29) is 50.1 Å². The van der Waals surface area contributed by atoms with Crippen molar-refractivity contribution >= 4 is 41.5 Å². The van der Waals surface area contributed by atoms with Gasteiger partial charge in [0, 0.05) is 6.54 Å². The Hall–Kier alpha value is -3.95. The molecular weight excluding hydrogens is 526 g/mol. The van der Waals surface area contributed by atoms with Crippen molar-refractivity contribution in [2.75, 3.05) is 26.2 Å². The van der Waals surface area contributed by atoms with Crippen LogP contribution in [0.2, 0.25) is 0 Å². The van der Waals surface area contributed by atoms with E-state index in [2.05, 4.69) is 31.9 Å². The van der Waals surface area contributed by atoms with Crippen molar-refractivity contribution in [2.45, 2.75) is 71.5 Å². The van der Waals surface area contributed by atoms with Crippen LogP contribution in [-0.2, 0) is 28.8 Å². The minimum atomic E-state index is -1.18. The maximum atomic E-state index is 12.7. The van der Waals surface area contributed by atoms with Crippen LogP contribution in [-0.4, -0.2) is 90.9 Å². The lowest BCUT2D eigenvalue weighted by Crippen LogP contribution is -2.54. The minimum Gasteiger partial charge on any atom is -0.480 e. The average molecular weight is 572 g/mol. The quantitative estimate of drug-likeness (QED) is 0.0428. The Bertz CT molecular complexity index is 896. The van der Waals surface area contributed by atoms with E-state index in [0.29, 0.717) is 6.42 Å². The molecule has 0 bridgehead atoms. The zero-order valence-corrected chi connectivity index (χ0v) is 23.6. The van der Waals surface area contributed by atoms with E-state index in [1.165, 1.54) is 0 Å². The van der Waals surface area contributed by atoms with Crippen molar-refractivity contribution in [1.82, 2.24) is 31.9 Å². The molecule has 12 N–H and O–H groups in total. The highest BCUT2D eigenvalue weighted by Gasteiger charge is 2.26. The van der Waals surface area contributed by atoms with Crippen LogP contribution in [0.15, 0.2) is 0 Å². The molecule has 0 aromatic heterocycles. The van der Waals surface area contributed by atoms with Crippen LogP contribution in [0.3, 0.4) is 0 Å². The Morgan fingerprint density at radius 2 is 1.18 bits per heavy atom. The molecule has 16 nitrogen and oxygen atoms in total. The van der Waals surface area contributed by atoms with Crippen LogP contribution in [0.5, 0.6) is 0 Å². The van der Waals surface area contributed by atoms with Crippen molar-refractivity contribution in [3.05, 3.63) is 0 Å². The Labute approximate surface area is 234 Å². The maximum Gasteiger partial charge on any atom is 0.326 e. The number of rotatable bonds is 19. The third-order valence-electron chi connectivity index (χ3n) is 5.37. The fourth-order valence-electron chi connectivity index (χ4n) is 3.52. The molecule has 228 valence electrons. The summed E-state index contributed by atoms with van der Waals surface area (Å²) in [6.07, 6.45) is 1.01. The summed E-state index contributed by atoms with van der Waals surface area (Å²) >= 11 is 0. The van der Waals surface area contributed by atoms with Crippen LogP contribution in [0.25, 0.3) is 0 Å². The summed E-state index contributed by atoms with van der Waals surface area (Å²) in [7, 11) is 0. The Kier molecular flexibility index (Phi) is 17.3. The Balaban J connectivity index is 5.01. The first kappa shape index (κ1) is 36.0. The standard InChI is InChI=1S/C24H45N9O7/c1-13(2)8-16(22(38)30-12-20(36)33-17(23(39)40)9-14(3)4)32-19(35)11-29-21(37)15(31-18(34)10-25)6-5-7-28-24(26)27/h13-17H,5-12,25H2,1-4H3,(H,29,37)(H,30,38)(H,31,34)(H,32,35)(H,33,36)(H,39,40)(H4,26,27,28). The molecule has 0 aromatic carbocycles. The molecular formula is C24H45N9O7. The molecule has 0 aliphatic heterocycles. The van der Waals surface area contributed by atoms with Gasteiger partial charge in [0.15, 0.2) is 5.96 Å². The molecule has 0 radical (unpaired) electrons. The lowest BCUT2D eigenvalue weighted by Gasteiger charge is -2.22. The van der Waals surface area contributed by atoms with Gasteiger partial charge in [0.25, 0.3) is 0 Å². The number of carbonyl (C=O) groups excluding carboxylic acids is 5. The van der Waals surface area contributed by atoms with Crippen molar-refractivity contribution in [3.8, 4) is 0 Å². The predicted octanol–water partition coefficient (Wildman–Crippen LogP) is -2.93. The van der Waals surface area contributed by atoms with Crippen LogP contribution >= 0.6 is 0 Å². The third-order valence-corrected chi connectivity index (χ3v) is 5.37. The number of carbonyl (C=O) groups is 6. The van der Waals surface area contributed by atoms with Crippen LogP contribution < -0.4 is 43.4 Å². The van der Waals surface area contributed by atoms with Gasteiger partial charge in [0.2, 0.25) is 29.5 Å². The fourth-order valence-corrected chi connectivity index (χ4v) is 3.52. The third kappa shape index (κ3) is 16.8. The molecule has 16 heteroatoms. The molecule has 0 aromatic rings. The molecule has 0 rings (SSSR count). The molecule has 3 unspecified atom stereocenters. The Morgan fingerprint density at radius 1 is 0.725 bits per heavy atom. The second-order valence-electron chi connectivity index (χ2n) is 10.1. The molecule has 0 saturated heterocycles. The summed E-state index contributed by atoms with van der Waals surface area (Å²) in [6, 6.07) is -3.10. The number of guanidine groups is 1. The highest BCUT2D eigenvalue weighted by molar-refractivity contribution is 5.94. The lowest BCUT2D eigenvalue weighted by molar-refractivity contribution is -0.142. The van der Waals surface area contributed by atoms with Crippen molar-refractivity contribution in [1.29, 1.82) is 5.41 Å². The summed E-state index contributed by atoms with van der Waals surface area (Å²) in [4.78, 5) is 73.1. The number of hydrogen-bond acceptors (Lipinski definition) is 8. The molecule has 40 heavy (non-hydrogen) atoms. The second kappa shape index (κ2) is 19.2. The molecule has 3 atom stereocenters. The number of hydrogen-bond donors (Lipinski definition) is 10.